The van der Waals surface area contributed by atoms with Gasteiger partial charge in [0.1, 0.15) is 5.82 Å². The summed E-state index contributed by atoms with van der Waals surface area (Å²) in [7, 11) is 0. The third-order valence-electron chi connectivity index (χ3n) is 3.63. The average molecular weight is 264 g/mol. The fraction of sp³-hybridized carbons (Fsp3) is 0.688. The van der Waals surface area contributed by atoms with Crippen LogP contribution in [0.25, 0.3) is 0 Å². The second kappa shape index (κ2) is 5.12. The molecule has 0 saturated heterocycles. The standard InChI is InChI=1S/C16H28N2O/c1-14(2,3)18-13-9-8-12(11-17-13)10-15(4,5)16(6,7)19/h8-9,11,19H,10H2,1-7H3,(H,17,18). The van der Waals surface area contributed by atoms with E-state index in [-0.39, 0.29) is 11.0 Å². The van der Waals surface area contributed by atoms with E-state index in [0.717, 1.165) is 17.8 Å². The summed E-state index contributed by atoms with van der Waals surface area (Å²) in [5.41, 5.74) is 0.260. The molecule has 0 bridgehead atoms. The Kier molecular flexibility index (Phi) is 4.30. The Bertz CT molecular complexity index is 408. The maximum absolute atomic E-state index is 10.2. The third kappa shape index (κ3) is 4.83. The van der Waals surface area contributed by atoms with Crippen molar-refractivity contribution >= 4 is 5.82 Å². The van der Waals surface area contributed by atoms with E-state index in [2.05, 4.69) is 51.0 Å². The Labute approximate surface area is 117 Å². The molecule has 0 spiro atoms. The number of aliphatic hydroxyl groups is 1. The third-order valence-corrected chi connectivity index (χ3v) is 3.63. The Hall–Kier alpha value is -1.09. The Morgan fingerprint density at radius 2 is 1.63 bits per heavy atom. The highest BCUT2D eigenvalue weighted by Gasteiger charge is 2.34. The van der Waals surface area contributed by atoms with E-state index in [1.165, 1.54) is 0 Å². The van der Waals surface area contributed by atoms with Crippen molar-refractivity contribution in [2.75, 3.05) is 5.32 Å². The van der Waals surface area contributed by atoms with Crippen LogP contribution in [-0.2, 0) is 6.42 Å². The molecule has 3 heteroatoms. The highest BCUT2D eigenvalue weighted by atomic mass is 16.3. The number of rotatable bonds is 4. The predicted octanol–water partition coefficient (Wildman–Crippen LogP) is 3.63. The van der Waals surface area contributed by atoms with Crippen LogP contribution in [0.15, 0.2) is 18.3 Å². The molecular weight excluding hydrogens is 236 g/mol. The minimum Gasteiger partial charge on any atom is -0.390 e. The quantitative estimate of drug-likeness (QED) is 0.873. The van der Waals surface area contributed by atoms with Crippen LogP contribution in [-0.4, -0.2) is 21.2 Å². The SMILES string of the molecule is CC(C)(C)Nc1ccc(CC(C)(C)C(C)(C)O)cn1. The van der Waals surface area contributed by atoms with Crippen LogP contribution in [0.3, 0.4) is 0 Å². The van der Waals surface area contributed by atoms with Crippen LogP contribution in [0, 0.1) is 5.41 Å². The lowest BCUT2D eigenvalue weighted by atomic mass is 9.73. The summed E-state index contributed by atoms with van der Waals surface area (Å²) >= 11 is 0. The summed E-state index contributed by atoms with van der Waals surface area (Å²) in [5, 5.41) is 13.5. The molecule has 1 aromatic heterocycles. The van der Waals surface area contributed by atoms with E-state index in [1.807, 2.05) is 26.1 Å². The summed E-state index contributed by atoms with van der Waals surface area (Å²) in [6, 6.07) is 4.08. The molecule has 0 amide bonds. The first-order chi connectivity index (χ1) is 8.41. The molecule has 0 aliphatic carbocycles. The molecule has 19 heavy (non-hydrogen) atoms. The number of hydrogen-bond acceptors (Lipinski definition) is 3. The smallest absolute Gasteiger partial charge is 0.126 e. The van der Waals surface area contributed by atoms with Gasteiger partial charge in [0.15, 0.2) is 0 Å². The monoisotopic (exact) mass is 264 g/mol. The van der Waals surface area contributed by atoms with E-state index in [0.29, 0.717) is 0 Å². The van der Waals surface area contributed by atoms with E-state index in [9.17, 15) is 5.11 Å². The number of hydrogen-bond donors (Lipinski definition) is 2. The Morgan fingerprint density at radius 1 is 1.05 bits per heavy atom. The van der Waals surface area contributed by atoms with E-state index in [4.69, 9.17) is 0 Å². The van der Waals surface area contributed by atoms with Crippen LogP contribution in [0.2, 0.25) is 0 Å². The minimum absolute atomic E-state index is 0.0148. The summed E-state index contributed by atoms with van der Waals surface area (Å²) in [6.07, 6.45) is 2.70. The van der Waals surface area contributed by atoms with Gasteiger partial charge in [0, 0.05) is 11.7 Å². The minimum atomic E-state index is -0.713. The van der Waals surface area contributed by atoms with Crippen molar-refractivity contribution in [2.24, 2.45) is 5.41 Å². The molecule has 0 aliphatic heterocycles. The molecule has 0 aromatic carbocycles. The molecule has 0 fully saturated rings. The number of aromatic nitrogens is 1. The molecule has 0 saturated carbocycles. The summed E-state index contributed by atoms with van der Waals surface area (Å²) in [5.74, 6) is 0.886. The number of pyridine rings is 1. The van der Waals surface area contributed by atoms with Crippen LogP contribution in [0.4, 0.5) is 5.82 Å². The first-order valence-electron chi connectivity index (χ1n) is 6.86. The lowest BCUT2D eigenvalue weighted by Gasteiger charge is -2.37. The normalized spacial score (nSPS) is 13.5. The van der Waals surface area contributed by atoms with E-state index >= 15 is 0 Å². The zero-order valence-electron chi connectivity index (χ0n) is 13.3. The molecule has 0 atom stereocenters. The van der Waals surface area contributed by atoms with Crippen molar-refractivity contribution in [3.63, 3.8) is 0 Å². The van der Waals surface area contributed by atoms with Gasteiger partial charge in [-0.15, -0.1) is 0 Å². The molecule has 1 aromatic rings. The zero-order valence-corrected chi connectivity index (χ0v) is 13.3. The van der Waals surface area contributed by atoms with Crippen molar-refractivity contribution in [3.8, 4) is 0 Å². The fourth-order valence-corrected chi connectivity index (χ4v) is 1.71. The summed E-state index contributed by atoms with van der Waals surface area (Å²) in [4.78, 5) is 4.44. The van der Waals surface area contributed by atoms with Gasteiger partial charge in [-0.25, -0.2) is 4.98 Å². The first-order valence-corrected chi connectivity index (χ1v) is 6.86. The average Bonchev–Trinajstić information content (AvgIpc) is 2.16. The molecule has 0 radical (unpaired) electrons. The Morgan fingerprint density at radius 3 is 2.00 bits per heavy atom. The van der Waals surface area contributed by atoms with Gasteiger partial charge in [-0.05, 0) is 58.1 Å². The van der Waals surface area contributed by atoms with Gasteiger partial charge < -0.3 is 10.4 Å². The summed E-state index contributed by atoms with van der Waals surface area (Å²) < 4.78 is 0. The molecule has 108 valence electrons. The van der Waals surface area contributed by atoms with Crippen LogP contribution in [0.1, 0.15) is 54.0 Å². The molecular formula is C16H28N2O. The van der Waals surface area contributed by atoms with Crippen molar-refractivity contribution in [1.82, 2.24) is 4.98 Å². The van der Waals surface area contributed by atoms with Gasteiger partial charge in [-0.1, -0.05) is 19.9 Å². The molecule has 1 rings (SSSR count). The van der Waals surface area contributed by atoms with Crippen LogP contribution in [0.5, 0.6) is 0 Å². The van der Waals surface area contributed by atoms with Crippen LogP contribution >= 0.6 is 0 Å². The second-order valence-corrected chi connectivity index (χ2v) is 7.55. The maximum atomic E-state index is 10.2. The van der Waals surface area contributed by atoms with Gasteiger partial charge in [0.25, 0.3) is 0 Å². The zero-order chi connectivity index (χ0) is 14.9. The van der Waals surface area contributed by atoms with E-state index in [1.54, 1.807) is 0 Å². The van der Waals surface area contributed by atoms with Crippen LogP contribution < -0.4 is 5.32 Å². The molecule has 0 unspecified atom stereocenters. The molecule has 2 N–H and O–H groups in total. The number of anilines is 1. The van der Waals surface area contributed by atoms with Crippen molar-refractivity contribution < 1.29 is 5.11 Å². The van der Waals surface area contributed by atoms with Crippen molar-refractivity contribution in [3.05, 3.63) is 23.9 Å². The van der Waals surface area contributed by atoms with Gasteiger partial charge in [0.2, 0.25) is 0 Å². The molecule has 1 heterocycles. The van der Waals surface area contributed by atoms with Crippen molar-refractivity contribution in [1.29, 1.82) is 0 Å². The van der Waals surface area contributed by atoms with Gasteiger partial charge in [-0.3, -0.25) is 0 Å². The molecule has 0 aliphatic rings. The Balaban J connectivity index is 2.78. The van der Waals surface area contributed by atoms with Gasteiger partial charge >= 0.3 is 0 Å². The maximum Gasteiger partial charge on any atom is 0.126 e. The lowest BCUT2D eigenvalue weighted by molar-refractivity contribution is -0.0344. The van der Waals surface area contributed by atoms with Crippen molar-refractivity contribution in [2.45, 2.75) is 66.0 Å². The highest BCUT2D eigenvalue weighted by molar-refractivity contribution is 5.38. The van der Waals surface area contributed by atoms with Gasteiger partial charge in [-0.2, -0.15) is 0 Å². The van der Waals surface area contributed by atoms with E-state index < -0.39 is 5.60 Å². The second-order valence-electron chi connectivity index (χ2n) is 7.55. The number of nitrogens with zero attached hydrogens (tertiary/aromatic N) is 1. The lowest BCUT2D eigenvalue weighted by Crippen LogP contribution is -2.40. The topological polar surface area (TPSA) is 45.1 Å². The molecule has 3 nitrogen and oxygen atoms in total. The highest BCUT2D eigenvalue weighted by Crippen LogP contribution is 2.33. The first kappa shape index (κ1) is 16.0. The largest absolute Gasteiger partial charge is 0.390 e. The fourth-order valence-electron chi connectivity index (χ4n) is 1.71. The summed E-state index contributed by atoms with van der Waals surface area (Å²) in [6.45, 7) is 14.2. The predicted molar refractivity (Wildman–Crippen MR) is 81.4 cm³/mol. The van der Waals surface area contributed by atoms with Gasteiger partial charge in [0.05, 0.1) is 5.60 Å². The number of nitrogens with one attached hydrogen (secondary N) is 1.